The van der Waals surface area contributed by atoms with E-state index >= 15 is 0 Å². The average molecular weight is 310 g/mol. The first kappa shape index (κ1) is 13.3. The predicted molar refractivity (Wildman–Crippen MR) is 74.3 cm³/mol. The summed E-state index contributed by atoms with van der Waals surface area (Å²) in [4.78, 5) is 4.23. The van der Waals surface area contributed by atoms with Crippen LogP contribution in [-0.2, 0) is 0 Å². The van der Waals surface area contributed by atoms with Crippen LogP contribution < -0.4 is 4.90 Å². The minimum absolute atomic E-state index is 0.396. The molecule has 1 aliphatic heterocycles. The highest BCUT2D eigenvalue weighted by atomic mass is 79.9. The lowest BCUT2D eigenvalue weighted by molar-refractivity contribution is 0.0153. The number of anilines is 1. The zero-order valence-corrected chi connectivity index (χ0v) is 11.9. The second-order valence-corrected chi connectivity index (χ2v) is 5.34. The third-order valence-electron chi connectivity index (χ3n) is 3.26. The molecule has 1 aromatic rings. The molecule has 1 N–H and O–H groups in total. The first-order chi connectivity index (χ1) is 8.61. The fourth-order valence-corrected chi connectivity index (χ4v) is 2.57. The normalized spacial score (nSPS) is 18.4. The van der Waals surface area contributed by atoms with Crippen molar-refractivity contribution in [2.75, 3.05) is 31.1 Å². The van der Waals surface area contributed by atoms with Gasteiger partial charge in [-0.05, 0) is 25.1 Å². The summed E-state index contributed by atoms with van der Waals surface area (Å²) in [5, 5.41) is 18.7. The smallest absolute Gasteiger partial charge is 0.104 e. The van der Waals surface area contributed by atoms with Crippen LogP contribution >= 0.6 is 15.9 Å². The SMILES string of the molecule is CC(O)N1CCN(c2ccc(Br)cc2C#N)CC1. The summed E-state index contributed by atoms with van der Waals surface area (Å²) in [5.41, 5.74) is 1.67. The monoisotopic (exact) mass is 309 g/mol. The molecule has 0 bridgehead atoms. The van der Waals surface area contributed by atoms with Gasteiger partial charge < -0.3 is 10.0 Å². The number of hydrogen-bond donors (Lipinski definition) is 1. The third kappa shape index (κ3) is 2.83. The Morgan fingerprint density at radius 1 is 1.33 bits per heavy atom. The molecule has 0 aromatic heterocycles. The molecule has 0 saturated carbocycles. The van der Waals surface area contributed by atoms with E-state index in [0.29, 0.717) is 5.56 Å². The van der Waals surface area contributed by atoms with Crippen molar-refractivity contribution in [1.29, 1.82) is 5.26 Å². The molecule has 0 amide bonds. The van der Waals surface area contributed by atoms with Gasteiger partial charge in [0, 0.05) is 30.7 Å². The Bertz CT molecular complexity index is 462. The van der Waals surface area contributed by atoms with Crippen molar-refractivity contribution < 1.29 is 5.11 Å². The van der Waals surface area contributed by atoms with Crippen molar-refractivity contribution in [1.82, 2.24) is 4.90 Å². The van der Waals surface area contributed by atoms with Crippen molar-refractivity contribution in [2.45, 2.75) is 13.2 Å². The van der Waals surface area contributed by atoms with Crippen molar-refractivity contribution in [2.24, 2.45) is 0 Å². The molecular weight excluding hydrogens is 294 g/mol. The number of nitriles is 1. The fraction of sp³-hybridized carbons (Fsp3) is 0.462. The molecular formula is C13H16BrN3O. The van der Waals surface area contributed by atoms with E-state index in [1.807, 2.05) is 23.1 Å². The number of piperazine rings is 1. The van der Waals surface area contributed by atoms with Gasteiger partial charge in [-0.3, -0.25) is 4.90 Å². The van der Waals surface area contributed by atoms with Gasteiger partial charge in [0.05, 0.1) is 11.3 Å². The highest BCUT2D eigenvalue weighted by Gasteiger charge is 2.21. The second kappa shape index (κ2) is 5.70. The minimum atomic E-state index is -0.396. The van der Waals surface area contributed by atoms with Crippen LogP contribution in [0.2, 0.25) is 0 Å². The summed E-state index contributed by atoms with van der Waals surface area (Å²) in [7, 11) is 0. The van der Waals surface area contributed by atoms with E-state index in [4.69, 9.17) is 5.26 Å². The van der Waals surface area contributed by atoms with Crippen LogP contribution in [0.15, 0.2) is 22.7 Å². The van der Waals surface area contributed by atoms with Crippen molar-refractivity contribution >= 4 is 21.6 Å². The van der Waals surface area contributed by atoms with Gasteiger partial charge in [0.2, 0.25) is 0 Å². The van der Waals surface area contributed by atoms with E-state index in [1.165, 1.54) is 0 Å². The molecule has 1 atom stereocenters. The molecule has 5 heteroatoms. The van der Waals surface area contributed by atoms with Crippen molar-refractivity contribution in [3.8, 4) is 6.07 Å². The van der Waals surface area contributed by atoms with Crippen LogP contribution in [0.3, 0.4) is 0 Å². The van der Waals surface area contributed by atoms with E-state index < -0.39 is 6.23 Å². The van der Waals surface area contributed by atoms with Crippen LogP contribution in [0.1, 0.15) is 12.5 Å². The molecule has 2 rings (SSSR count). The number of hydrogen-bond acceptors (Lipinski definition) is 4. The molecule has 1 heterocycles. The summed E-state index contributed by atoms with van der Waals surface area (Å²) < 4.78 is 0.922. The maximum absolute atomic E-state index is 9.52. The van der Waals surface area contributed by atoms with Gasteiger partial charge in [0.25, 0.3) is 0 Å². The standard InChI is InChI=1S/C13H16BrN3O/c1-10(18)16-4-6-17(7-5-16)13-3-2-12(14)8-11(13)9-15/h2-3,8,10,18H,4-7H2,1H3. The highest BCUT2D eigenvalue weighted by molar-refractivity contribution is 9.10. The van der Waals surface area contributed by atoms with Crippen molar-refractivity contribution in [3.63, 3.8) is 0 Å². The van der Waals surface area contributed by atoms with Gasteiger partial charge in [0.15, 0.2) is 0 Å². The van der Waals surface area contributed by atoms with Gasteiger partial charge in [-0.25, -0.2) is 0 Å². The Kier molecular flexibility index (Phi) is 4.23. The first-order valence-corrected chi connectivity index (χ1v) is 6.78. The maximum Gasteiger partial charge on any atom is 0.104 e. The number of aliphatic hydroxyl groups is 1. The van der Waals surface area contributed by atoms with E-state index in [-0.39, 0.29) is 0 Å². The average Bonchev–Trinajstić information content (AvgIpc) is 2.38. The lowest BCUT2D eigenvalue weighted by atomic mass is 10.1. The quantitative estimate of drug-likeness (QED) is 0.905. The molecule has 96 valence electrons. The number of rotatable bonds is 2. The molecule has 0 radical (unpaired) electrons. The topological polar surface area (TPSA) is 50.5 Å². The number of aliphatic hydroxyl groups excluding tert-OH is 1. The van der Waals surface area contributed by atoms with E-state index in [1.54, 1.807) is 6.92 Å². The van der Waals surface area contributed by atoms with Crippen LogP contribution in [0.5, 0.6) is 0 Å². The number of benzene rings is 1. The van der Waals surface area contributed by atoms with Gasteiger partial charge in [-0.1, -0.05) is 15.9 Å². The summed E-state index contributed by atoms with van der Waals surface area (Å²) in [5.74, 6) is 0. The van der Waals surface area contributed by atoms with E-state index in [9.17, 15) is 5.11 Å². The fourth-order valence-electron chi connectivity index (χ4n) is 2.21. The second-order valence-electron chi connectivity index (χ2n) is 4.43. The first-order valence-electron chi connectivity index (χ1n) is 5.98. The van der Waals surface area contributed by atoms with E-state index in [0.717, 1.165) is 36.3 Å². The molecule has 1 aromatic carbocycles. The van der Waals surface area contributed by atoms with Gasteiger partial charge in [-0.15, -0.1) is 0 Å². The molecule has 1 aliphatic rings. The highest BCUT2D eigenvalue weighted by Crippen LogP contribution is 2.25. The van der Waals surface area contributed by atoms with Crippen LogP contribution in [0, 0.1) is 11.3 Å². The van der Waals surface area contributed by atoms with Gasteiger partial charge in [0.1, 0.15) is 12.3 Å². The Labute approximate surface area is 116 Å². The molecule has 0 spiro atoms. The molecule has 18 heavy (non-hydrogen) atoms. The lowest BCUT2D eigenvalue weighted by Crippen LogP contribution is -2.49. The van der Waals surface area contributed by atoms with E-state index in [2.05, 4.69) is 26.9 Å². The zero-order valence-electron chi connectivity index (χ0n) is 10.3. The summed E-state index contributed by atoms with van der Waals surface area (Å²) in [6, 6.07) is 8.01. The molecule has 4 nitrogen and oxygen atoms in total. The van der Waals surface area contributed by atoms with Crippen LogP contribution in [0.4, 0.5) is 5.69 Å². The largest absolute Gasteiger partial charge is 0.379 e. The third-order valence-corrected chi connectivity index (χ3v) is 3.76. The molecule has 1 fully saturated rings. The van der Waals surface area contributed by atoms with Gasteiger partial charge >= 0.3 is 0 Å². The Hall–Kier alpha value is -1.09. The zero-order chi connectivity index (χ0) is 13.1. The van der Waals surface area contributed by atoms with Crippen LogP contribution in [-0.4, -0.2) is 42.4 Å². The summed E-state index contributed by atoms with van der Waals surface area (Å²) in [6.07, 6.45) is -0.396. The van der Waals surface area contributed by atoms with Crippen LogP contribution in [0.25, 0.3) is 0 Å². The predicted octanol–water partition coefficient (Wildman–Crippen LogP) is 1.78. The lowest BCUT2D eigenvalue weighted by Gasteiger charge is -2.37. The summed E-state index contributed by atoms with van der Waals surface area (Å²) >= 11 is 3.38. The number of nitrogens with zero attached hydrogens (tertiary/aromatic N) is 3. The molecule has 1 unspecified atom stereocenters. The Morgan fingerprint density at radius 2 is 2.00 bits per heavy atom. The Morgan fingerprint density at radius 3 is 2.56 bits per heavy atom. The molecule has 1 saturated heterocycles. The van der Waals surface area contributed by atoms with Crippen molar-refractivity contribution in [3.05, 3.63) is 28.2 Å². The maximum atomic E-state index is 9.52. The minimum Gasteiger partial charge on any atom is -0.379 e. The summed E-state index contributed by atoms with van der Waals surface area (Å²) in [6.45, 7) is 5.09. The molecule has 0 aliphatic carbocycles. The number of halogens is 1. The van der Waals surface area contributed by atoms with Gasteiger partial charge in [-0.2, -0.15) is 5.26 Å². The Balaban J connectivity index is 2.13.